The van der Waals surface area contributed by atoms with Crippen molar-refractivity contribution in [3.8, 4) is 0 Å². The first-order valence-corrected chi connectivity index (χ1v) is 0.805. The standard InChI is InChI=1S/C2H2O2.H3P/c3-1-2-4;/h1-2H;1H3. The minimum absolute atomic E-state index is 0. The lowest BCUT2D eigenvalue weighted by Gasteiger charge is -1.31. The third kappa shape index (κ3) is 19.9. The lowest BCUT2D eigenvalue weighted by atomic mass is 10.9. The van der Waals surface area contributed by atoms with Crippen LogP contribution in [-0.2, 0) is 9.59 Å². The van der Waals surface area contributed by atoms with Crippen LogP contribution in [0.3, 0.4) is 0 Å². The molecule has 0 fully saturated rings. The van der Waals surface area contributed by atoms with Gasteiger partial charge in [0, 0.05) is 0 Å². The Bertz CT molecular complexity index is 28.6. The number of rotatable bonds is 1. The number of hydrogen-bond acceptors (Lipinski definition) is 2. The van der Waals surface area contributed by atoms with Gasteiger partial charge in [0.15, 0.2) is 12.6 Å². The van der Waals surface area contributed by atoms with E-state index in [0.29, 0.717) is 0 Å². The highest BCUT2D eigenvalue weighted by atomic mass is 31.0. The van der Waals surface area contributed by atoms with Gasteiger partial charge in [-0.2, -0.15) is 9.90 Å². The quantitative estimate of drug-likeness (QED) is 0.247. The van der Waals surface area contributed by atoms with Crippen molar-refractivity contribution in [2.75, 3.05) is 0 Å². The van der Waals surface area contributed by atoms with E-state index >= 15 is 0 Å². The second kappa shape index (κ2) is 9.23. The van der Waals surface area contributed by atoms with Crippen LogP contribution in [0.15, 0.2) is 0 Å². The van der Waals surface area contributed by atoms with E-state index in [-0.39, 0.29) is 22.5 Å². The second-order valence-corrected chi connectivity index (χ2v) is 0.272. The molecule has 0 aliphatic rings. The molecule has 0 saturated carbocycles. The van der Waals surface area contributed by atoms with E-state index in [1.54, 1.807) is 0 Å². The number of carbonyl (C=O) groups is 2. The van der Waals surface area contributed by atoms with E-state index in [1.807, 2.05) is 0 Å². The van der Waals surface area contributed by atoms with Gasteiger partial charge in [-0.25, -0.2) is 0 Å². The zero-order valence-corrected chi connectivity index (χ0v) is 4.09. The fourth-order valence-corrected chi connectivity index (χ4v) is 0. The first kappa shape index (κ1) is 8.84. The van der Waals surface area contributed by atoms with Crippen molar-refractivity contribution in [3.05, 3.63) is 0 Å². The molecule has 2 nitrogen and oxygen atoms in total. The molecule has 5 heavy (non-hydrogen) atoms. The van der Waals surface area contributed by atoms with E-state index in [4.69, 9.17) is 9.59 Å². The lowest BCUT2D eigenvalue weighted by molar-refractivity contribution is -0.122. The molecule has 0 heterocycles. The smallest absolute Gasteiger partial charge is 0.182 e. The highest BCUT2D eigenvalue weighted by Crippen LogP contribution is 1.12. The zero-order valence-electron chi connectivity index (χ0n) is 2.68. The lowest BCUT2D eigenvalue weighted by Crippen LogP contribution is -1.62. The van der Waals surface area contributed by atoms with Crippen molar-refractivity contribution in [1.29, 1.82) is 0 Å². The van der Waals surface area contributed by atoms with Gasteiger partial charge < -0.3 is 0 Å². The number of carbonyl (C=O) groups excluding carboxylic acids is 2. The van der Waals surface area contributed by atoms with E-state index in [2.05, 4.69) is 0 Å². The molecule has 30 valence electrons. The van der Waals surface area contributed by atoms with Gasteiger partial charge in [-0.05, 0) is 0 Å². The molecular formula is C2H5O2P. The number of aldehydes is 2. The first-order chi connectivity index (χ1) is 1.91. The van der Waals surface area contributed by atoms with Gasteiger partial charge in [-0.3, -0.25) is 9.59 Å². The minimum Gasteiger partial charge on any atom is -0.295 e. The Hall–Kier alpha value is -0.230. The van der Waals surface area contributed by atoms with Crippen LogP contribution >= 0.6 is 9.90 Å². The van der Waals surface area contributed by atoms with Gasteiger partial charge in [0.25, 0.3) is 0 Å². The third-order valence-corrected chi connectivity index (χ3v) is 0.0556. The number of hydrogen-bond donors (Lipinski definition) is 0. The van der Waals surface area contributed by atoms with Gasteiger partial charge in [0.2, 0.25) is 0 Å². The molecule has 0 aromatic heterocycles. The van der Waals surface area contributed by atoms with Crippen LogP contribution in [0.4, 0.5) is 0 Å². The van der Waals surface area contributed by atoms with Crippen LogP contribution in [0.2, 0.25) is 0 Å². The van der Waals surface area contributed by atoms with Crippen molar-refractivity contribution in [1.82, 2.24) is 0 Å². The summed E-state index contributed by atoms with van der Waals surface area (Å²) in [4.78, 5) is 17.6. The van der Waals surface area contributed by atoms with Crippen LogP contribution in [0, 0.1) is 0 Å². The molecular weight excluding hydrogens is 87.0 g/mol. The molecule has 0 radical (unpaired) electrons. The van der Waals surface area contributed by atoms with Crippen LogP contribution < -0.4 is 0 Å². The molecule has 0 N–H and O–H groups in total. The van der Waals surface area contributed by atoms with Crippen LogP contribution in [0.5, 0.6) is 0 Å². The molecule has 0 aromatic rings. The van der Waals surface area contributed by atoms with Crippen LogP contribution in [0.25, 0.3) is 0 Å². The molecule has 0 aliphatic carbocycles. The normalized spacial score (nSPS) is 4.00. The summed E-state index contributed by atoms with van der Waals surface area (Å²) in [5, 5.41) is 0. The zero-order chi connectivity index (χ0) is 3.41. The molecule has 0 bridgehead atoms. The molecule has 0 saturated heterocycles. The summed E-state index contributed by atoms with van der Waals surface area (Å²) in [7, 11) is 0. The highest BCUT2D eigenvalue weighted by Gasteiger charge is 1.47. The summed E-state index contributed by atoms with van der Waals surface area (Å²) in [6, 6.07) is 0. The maximum atomic E-state index is 8.81. The summed E-state index contributed by atoms with van der Waals surface area (Å²) >= 11 is 0. The fraction of sp³-hybridized carbons (Fsp3) is 0. The first-order valence-electron chi connectivity index (χ1n) is 0.805. The average molecular weight is 92.0 g/mol. The topological polar surface area (TPSA) is 34.1 Å². The van der Waals surface area contributed by atoms with Crippen LogP contribution in [-0.4, -0.2) is 12.6 Å². The maximum Gasteiger partial charge on any atom is 0.182 e. The molecule has 0 rings (SSSR count). The van der Waals surface area contributed by atoms with Crippen molar-refractivity contribution < 1.29 is 9.59 Å². The van der Waals surface area contributed by atoms with E-state index in [9.17, 15) is 0 Å². The predicted molar refractivity (Wildman–Crippen MR) is 23.2 cm³/mol. The summed E-state index contributed by atoms with van der Waals surface area (Å²) in [6.45, 7) is 0. The van der Waals surface area contributed by atoms with Crippen molar-refractivity contribution in [3.63, 3.8) is 0 Å². The van der Waals surface area contributed by atoms with Gasteiger partial charge in [0.1, 0.15) is 0 Å². The van der Waals surface area contributed by atoms with Gasteiger partial charge in [-0.1, -0.05) is 0 Å². The Morgan fingerprint density at radius 3 is 1.20 bits per heavy atom. The SMILES string of the molecule is O=CC=O.P. The van der Waals surface area contributed by atoms with Crippen molar-refractivity contribution in [2.45, 2.75) is 0 Å². The van der Waals surface area contributed by atoms with Crippen molar-refractivity contribution in [2.24, 2.45) is 0 Å². The van der Waals surface area contributed by atoms with Gasteiger partial charge >= 0.3 is 0 Å². The molecule has 0 spiro atoms. The Kier molecular flexibility index (Phi) is 16.3. The van der Waals surface area contributed by atoms with E-state index in [0.717, 1.165) is 0 Å². The minimum atomic E-state index is 0. The maximum absolute atomic E-state index is 8.81. The second-order valence-electron chi connectivity index (χ2n) is 0.272. The van der Waals surface area contributed by atoms with Gasteiger partial charge in [0.05, 0.1) is 0 Å². The predicted octanol–water partition coefficient (Wildman–Crippen LogP) is -0.558. The molecule has 0 amide bonds. The molecule has 3 heteroatoms. The summed E-state index contributed by atoms with van der Waals surface area (Å²) in [5.74, 6) is 0. The molecule has 1 unspecified atom stereocenters. The Morgan fingerprint density at radius 2 is 1.20 bits per heavy atom. The van der Waals surface area contributed by atoms with Crippen LogP contribution in [0.1, 0.15) is 0 Å². The average Bonchev–Trinajstić information content (AvgIpc) is 1.37. The summed E-state index contributed by atoms with van der Waals surface area (Å²) in [6.07, 6.45) is 0.389. The molecule has 0 aliphatic heterocycles. The molecule has 1 atom stereocenters. The largest absolute Gasteiger partial charge is 0.295 e. The highest BCUT2D eigenvalue weighted by molar-refractivity contribution is 6.92. The fourth-order valence-electron chi connectivity index (χ4n) is 0. The third-order valence-electron chi connectivity index (χ3n) is 0.0556. The van der Waals surface area contributed by atoms with E-state index < -0.39 is 0 Å². The Balaban J connectivity index is 0. The summed E-state index contributed by atoms with van der Waals surface area (Å²) in [5.41, 5.74) is 0. The molecule has 0 aromatic carbocycles. The Labute approximate surface area is 33.2 Å². The van der Waals surface area contributed by atoms with Gasteiger partial charge in [-0.15, -0.1) is 0 Å². The summed E-state index contributed by atoms with van der Waals surface area (Å²) < 4.78 is 0. The Morgan fingerprint density at radius 1 is 1.00 bits per heavy atom. The van der Waals surface area contributed by atoms with E-state index in [1.165, 1.54) is 0 Å². The van der Waals surface area contributed by atoms with Crippen molar-refractivity contribution >= 4 is 22.5 Å². The monoisotopic (exact) mass is 92.0 g/mol.